The summed E-state index contributed by atoms with van der Waals surface area (Å²) in [7, 11) is 0. The Morgan fingerprint density at radius 2 is 2.42 bits per heavy atom. The number of aromatic carboxylic acids is 1. The standard InChI is InChI=1S/C8H8ClNO2/c1-5-2-7(8(11)12)10-4-6(5)3-9/h2,4H,3H2,1H3,(H,11,12). The Labute approximate surface area is 75.0 Å². The number of carboxylic acids is 1. The van der Waals surface area contributed by atoms with Crippen LogP contribution in [-0.4, -0.2) is 16.1 Å². The molecule has 0 aromatic carbocycles. The number of nitrogens with zero attached hydrogens (tertiary/aromatic N) is 1. The molecule has 4 heteroatoms. The normalized spacial score (nSPS) is 9.83. The summed E-state index contributed by atoms with van der Waals surface area (Å²) in [4.78, 5) is 14.2. The van der Waals surface area contributed by atoms with Gasteiger partial charge < -0.3 is 5.11 Å². The van der Waals surface area contributed by atoms with Crippen LogP contribution in [0.1, 0.15) is 21.6 Å². The highest BCUT2D eigenvalue weighted by atomic mass is 35.5. The van der Waals surface area contributed by atoms with Crippen molar-refractivity contribution in [1.29, 1.82) is 0 Å². The third-order valence-electron chi connectivity index (χ3n) is 1.58. The van der Waals surface area contributed by atoms with Gasteiger partial charge >= 0.3 is 5.97 Å². The van der Waals surface area contributed by atoms with Crippen LogP contribution < -0.4 is 0 Å². The van der Waals surface area contributed by atoms with Gasteiger partial charge in [-0.15, -0.1) is 11.6 Å². The Kier molecular flexibility index (Phi) is 2.65. The van der Waals surface area contributed by atoms with E-state index in [4.69, 9.17) is 16.7 Å². The number of halogens is 1. The molecule has 0 spiro atoms. The smallest absolute Gasteiger partial charge is 0.354 e. The van der Waals surface area contributed by atoms with Crippen LogP contribution in [0.4, 0.5) is 0 Å². The highest BCUT2D eigenvalue weighted by Crippen LogP contribution is 2.10. The molecule has 1 aromatic heterocycles. The first-order valence-corrected chi connectivity index (χ1v) is 3.93. The van der Waals surface area contributed by atoms with Crippen molar-refractivity contribution in [2.75, 3.05) is 0 Å². The molecule has 0 aliphatic rings. The van der Waals surface area contributed by atoms with Gasteiger partial charge in [-0.25, -0.2) is 9.78 Å². The summed E-state index contributed by atoms with van der Waals surface area (Å²) >= 11 is 5.58. The van der Waals surface area contributed by atoms with Gasteiger partial charge in [0.2, 0.25) is 0 Å². The molecule has 1 rings (SSSR count). The van der Waals surface area contributed by atoms with Crippen molar-refractivity contribution < 1.29 is 9.90 Å². The van der Waals surface area contributed by atoms with Crippen molar-refractivity contribution in [3.05, 3.63) is 29.1 Å². The van der Waals surface area contributed by atoms with Gasteiger partial charge in [0.15, 0.2) is 0 Å². The maximum Gasteiger partial charge on any atom is 0.354 e. The number of rotatable bonds is 2. The van der Waals surface area contributed by atoms with Crippen LogP contribution in [0, 0.1) is 6.92 Å². The number of carboxylic acid groups (broad SMARTS) is 1. The molecular weight excluding hydrogens is 178 g/mol. The Balaban J connectivity index is 3.10. The quantitative estimate of drug-likeness (QED) is 0.716. The maximum absolute atomic E-state index is 10.5. The Morgan fingerprint density at radius 3 is 2.83 bits per heavy atom. The molecule has 0 amide bonds. The molecular formula is C8H8ClNO2. The largest absolute Gasteiger partial charge is 0.477 e. The Morgan fingerprint density at radius 1 is 1.75 bits per heavy atom. The second-order valence-corrected chi connectivity index (χ2v) is 2.70. The molecule has 0 aliphatic heterocycles. The van der Waals surface area contributed by atoms with E-state index < -0.39 is 5.97 Å². The summed E-state index contributed by atoms with van der Waals surface area (Å²) in [6.45, 7) is 1.81. The van der Waals surface area contributed by atoms with Gasteiger partial charge in [0.05, 0.1) is 0 Å². The number of aromatic nitrogens is 1. The van der Waals surface area contributed by atoms with Crippen LogP contribution in [0.3, 0.4) is 0 Å². The van der Waals surface area contributed by atoms with Crippen LogP contribution in [0.15, 0.2) is 12.3 Å². The number of carbonyl (C=O) groups is 1. The molecule has 0 bridgehead atoms. The predicted octanol–water partition coefficient (Wildman–Crippen LogP) is 1.83. The molecule has 3 nitrogen and oxygen atoms in total. The topological polar surface area (TPSA) is 50.2 Å². The van der Waals surface area contributed by atoms with Crippen molar-refractivity contribution in [2.24, 2.45) is 0 Å². The summed E-state index contributed by atoms with van der Waals surface area (Å²) in [5, 5.41) is 8.58. The zero-order chi connectivity index (χ0) is 9.14. The molecule has 1 heterocycles. The number of aryl methyl sites for hydroxylation is 1. The van der Waals surface area contributed by atoms with Crippen LogP contribution in [0.25, 0.3) is 0 Å². The van der Waals surface area contributed by atoms with Gasteiger partial charge in [0.1, 0.15) is 5.69 Å². The first-order chi connectivity index (χ1) is 5.65. The minimum absolute atomic E-state index is 0.0568. The molecule has 1 N–H and O–H groups in total. The summed E-state index contributed by atoms with van der Waals surface area (Å²) in [5.41, 5.74) is 1.78. The van der Waals surface area contributed by atoms with E-state index in [1.54, 1.807) is 0 Å². The van der Waals surface area contributed by atoms with Gasteiger partial charge in [-0.1, -0.05) is 0 Å². The molecule has 0 saturated heterocycles. The second-order valence-electron chi connectivity index (χ2n) is 2.43. The Bertz CT molecular complexity index is 312. The van der Waals surface area contributed by atoms with Crippen LogP contribution in [0.2, 0.25) is 0 Å². The van der Waals surface area contributed by atoms with E-state index in [9.17, 15) is 4.79 Å². The van der Waals surface area contributed by atoms with Crippen molar-refractivity contribution in [1.82, 2.24) is 4.98 Å². The van der Waals surface area contributed by atoms with Crippen molar-refractivity contribution in [3.63, 3.8) is 0 Å². The number of hydrogen-bond acceptors (Lipinski definition) is 2. The molecule has 0 aliphatic carbocycles. The maximum atomic E-state index is 10.5. The van der Waals surface area contributed by atoms with E-state index >= 15 is 0 Å². The monoisotopic (exact) mass is 185 g/mol. The lowest BCUT2D eigenvalue weighted by atomic mass is 10.1. The van der Waals surface area contributed by atoms with Gasteiger partial charge in [-0.3, -0.25) is 0 Å². The van der Waals surface area contributed by atoms with E-state index in [1.807, 2.05) is 6.92 Å². The van der Waals surface area contributed by atoms with E-state index in [0.717, 1.165) is 11.1 Å². The lowest BCUT2D eigenvalue weighted by molar-refractivity contribution is 0.0690. The fourth-order valence-electron chi connectivity index (χ4n) is 0.841. The molecule has 0 unspecified atom stereocenters. The fourth-order valence-corrected chi connectivity index (χ4v) is 1.12. The minimum Gasteiger partial charge on any atom is -0.477 e. The van der Waals surface area contributed by atoms with Crippen LogP contribution in [0.5, 0.6) is 0 Å². The first-order valence-electron chi connectivity index (χ1n) is 3.40. The molecule has 64 valence electrons. The summed E-state index contributed by atoms with van der Waals surface area (Å²) < 4.78 is 0. The van der Waals surface area contributed by atoms with Gasteiger partial charge in [-0.2, -0.15) is 0 Å². The summed E-state index contributed by atoms with van der Waals surface area (Å²) in [6.07, 6.45) is 1.49. The van der Waals surface area contributed by atoms with E-state index in [1.165, 1.54) is 12.3 Å². The molecule has 1 aromatic rings. The van der Waals surface area contributed by atoms with Crippen molar-refractivity contribution in [3.8, 4) is 0 Å². The van der Waals surface area contributed by atoms with Gasteiger partial charge in [0, 0.05) is 12.1 Å². The zero-order valence-corrected chi connectivity index (χ0v) is 7.30. The number of pyridine rings is 1. The van der Waals surface area contributed by atoms with Crippen LogP contribution >= 0.6 is 11.6 Å². The highest BCUT2D eigenvalue weighted by molar-refractivity contribution is 6.17. The van der Waals surface area contributed by atoms with E-state index in [-0.39, 0.29) is 5.69 Å². The van der Waals surface area contributed by atoms with Gasteiger partial charge in [-0.05, 0) is 24.1 Å². The third kappa shape index (κ3) is 1.74. The highest BCUT2D eigenvalue weighted by Gasteiger charge is 2.05. The third-order valence-corrected chi connectivity index (χ3v) is 1.87. The predicted molar refractivity (Wildman–Crippen MR) is 45.5 cm³/mol. The minimum atomic E-state index is -1.01. The molecule has 0 atom stereocenters. The Hall–Kier alpha value is -1.09. The first kappa shape index (κ1) is 9.00. The molecule has 0 saturated carbocycles. The average Bonchev–Trinajstić information content (AvgIpc) is 2.04. The van der Waals surface area contributed by atoms with Crippen molar-refractivity contribution >= 4 is 17.6 Å². The van der Waals surface area contributed by atoms with Crippen LogP contribution in [-0.2, 0) is 5.88 Å². The molecule has 0 fully saturated rings. The number of hydrogen-bond donors (Lipinski definition) is 1. The summed E-state index contributed by atoms with van der Waals surface area (Å²) in [5.74, 6) is -0.655. The van der Waals surface area contributed by atoms with E-state index in [0.29, 0.717) is 5.88 Å². The zero-order valence-electron chi connectivity index (χ0n) is 6.54. The lowest BCUT2D eigenvalue weighted by Gasteiger charge is -2.01. The lowest BCUT2D eigenvalue weighted by Crippen LogP contribution is -2.01. The number of alkyl halides is 1. The summed E-state index contributed by atoms with van der Waals surface area (Å²) in [6, 6.07) is 1.51. The average molecular weight is 186 g/mol. The van der Waals surface area contributed by atoms with E-state index in [2.05, 4.69) is 4.98 Å². The van der Waals surface area contributed by atoms with Crippen molar-refractivity contribution in [2.45, 2.75) is 12.8 Å². The fraction of sp³-hybridized carbons (Fsp3) is 0.250. The second kappa shape index (κ2) is 3.54. The molecule has 0 radical (unpaired) electrons. The van der Waals surface area contributed by atoms with Gasteiger partial charge in [0.25, 0.3) is 0 Å². The SMILES string of the molecule is Cc1cc(C(=O)O)ncc1CCl. The molecule has 12 heavy (non-hydrogen) atoms.